The molecular weight excluding hydrogens is 283 g/mol. The van der Waals surface area contributed by atoms with Gasteiger partial charge in [-0.15, -0.1) is 0 Å². The van der Waals surface area contributed by atoms with Crippen LogP contribution in [0.1, 0.15) is 5.56 Å². The van der Waals surface area contributed by atoms with Crippen LogP contribution >= 0.6 is 0 Å². The van der Waals surface area contributed by atoms with Crippen molar-refractivity contribution < 1.29 is 13.9 Å². The topological polar surface area (TPSA) is 42.4 Å². The van der Waals surface area contributed by atoms with E-state index in [9.17, 15) is 9.18 Å². The van der Waals surface area contributed by atoms with Gasteiger partial charge in [0.05, 0.1) is 6.54 Å². The lowest BCUT2D eigenvalue weighted by Crippen LogP contribution is -2.29. The van der Waals surface area contributed by atoms with Crippen molar-refractivity contribution in [3.8, 4) is 5.75 Å². The minimum atomic E-state index is -0.305. The maximum Gasteiger partial charge on any atom is 0.246 e. The average Bonchev–Trinajstić information content (AvgIpc) is 2.55. The summed E-state index contributed by atoms with van der Waals surface area (Å²) in [5, 5.41) is 0. The molecule has 0 radical (unpaired) electrons. The minimum absolute atomic E-state index is 0.119. The lowest BCUT2D eigenvalue weighted by atomic mass is 10.2. The van der Waals surface area contributed by atoms with Crippen LogP contribution in [-0.2, 0) is 4.79 Å². The second-order valence-corrected chi connectivity index (χ2v) is 4.68. The maximum atomic E-state index is 12.7. The molecule has 5 heteroatoms. The van der Waals surface area contributed by atoms with Crippen molar-refractivity contribution in [2.75, 3.05) is 20.2 Å². The van der Waals surface area contributed by atoms with Gasteiger partial charge in [-0.05, 0) is 42.0 Å². The fourth-order valence-electron chi connectivity index (χ4n) is 1.71. The van der Waals surface area contributed by atoms with Crippen molar-refractivity contribution in [2.24, 2.45) is 0 Å². The van der Waals surface area contributed by atoms with Crippen LogP contribution in [0.3, 0.4) is 0 Å². The van der Waals surface area contributed by atoms with Crippen molar-refractivity contribution in [1.29, 1.82) is 0 Å². The van der Waals surface area contributed by atoms with Gasteiger partial charge in [0.25, 0.3) is 0 Å². The zero-order valence-corrected chi connectivity index (χ0v) is 12.3. The van der Waals surface area contributed by atoms with Gasteiger partial charge in [0, 0.05) is 25.5 Å². The summed E-state index contributed by atoms with van der Waals surface area (Å²) in [6.07, 6.45) is 6.57. The molecule has 0 fully saturated rings. The third kappa shape index (κ3) is 5.01. The molecule has 0 unspecified atom stereocenters. The highest BCUT2D eigenvalue weighted by Crippen LogP contribution is 2.10. The van der Waals surface area contributed by atoms with E-state index >= 15 is 0 Å². The highest BCUT2D eigenvalue weighted by molar-refractivity contribution is 5.91. The van der Waals surface area contributed by atoms with Gasteiger partial charge in [-0.3, -0.25) is 9.78 Å². The Morgan fingerprint density at radius 2 is 2.09 bits per heavy atom. The lowest BCUT2D eigenvalue weighted by molar-refractivity contribution is -0.125. The van der Waals surface area contributed by atoms with Crippen LogP contribution in [0.2, 0.25) is 0 Å². The van der Waals surface area contributed by atoms with Crippen LogP contribution in [0, 0.1) is 5.82 Å². The second-order valence-electron chi connectivity index (χ2n) is 4.68. The van der Waals surface area contributed by atoms with Crippen LogP contribution in [0.15, 0.2) is 54.9 Å². The molecule has 0 aliphatic rings. The molecule has 0 saturated carbocycles. The predicted molar refractivity (Wildman–Crippen MR) is 82.8 cm³/mol. The van der Waals surface area contributed by atoms with Gasteiger partial charge in [0.1, 0.15) is 18.2 Å². The third-order valence-corrected chi connectivity index (χ3v) is 2.99. The molecule has 1 aromatic heterocycles. The number of nitrogens with zero attached hydrogens (tertiary/aromatic N) is 2. The lowest BCUT2D eigenvalue weighted by Gasteiger charge is -2.15. The molecule has 0 aliphatic heterocycles. The second kappa shape index (κ2) is 7.93. The number of likely N-dealkylation sites (N-methyl/N-ethyl adjacent to an activating group) is 1. The van der Waals surface area contributed by atoms with Crippen molar-refractivity contribution in [3.63, 3.8) is 0 Å². The normalized spacial score (nSPS) is 10.6. The number of rotatable bonds is 6. The molecule has 0 bridgehead atoms. The summed E-state index contributed by atoms with van der Waals surface area (Å²) in [4.78, 5) is 17.4. The van der Waals surface area contributed by atoms with Crippen LogP contribution in [0.25, 0.3) is 6.08 Å². The average molecular weight is 300 g/mol. The SMILES string of the molecule is CN(CCOc1ccc(F)cc1)C(=O)/C=C/c1cccnc1. The molecule has 0 aliphatic carbocycles. The van der Waals surface area contributed by atoms with E-state index in [0.29, 0.717) is 18.9 Å². The smallest absolute Gasteiger partial charge is 0.246 e. The molecule has 22 heavy (non-hydrogen) atoms. The Labute approximate surface area is 128 Å². The first-order chi connectivity index (χ1) is 10.6. The Morgan fingerprint density at radius 1 is 1.32 bits per heavy atom. The quantitative estimate of drug-likeness (QED) is 0.770. The monoisotopic (exact) mass is 300 g/mol. The number of benzene rings is 1. The number of ether oxygens (including phenoxy) is 1. The highest BCUT2D eigenvalue weighted by Gasteiger charge is 2.05. The number of carbonyl (C=O) groups is 1. The van der Waals surface area contributed by atoms with E-state index in [0.717, 1.165) is 5.56 Å². The number of amides is 1. The summed E-state index contributed by atoms with van der Waals surface area (Å²) in [6.45, 7) is 0.780. The Balaban J connectivity index is 1.76. The zero-order chi connectivity index (χ0) is 15.8. The van der Waals surface area contributed by atoms with E-state index in [-0.39, 0.29) is 11.7 Å². The number of carbonyl (C=O) groups excluding carboxylic acids is 1. The van der Waals surface area contributed by atoms with Gasteiger partial charge >= 0.3 is 0 Å². The molecule has 1 aromatic carbocycles. The third-order valence-electron chi connectivity index (χ3n) is 2.99. The van der Waals surface area contributed by atoms with Gasteiger partial charge in [0.2, 0.25) is 5.91 Å². The summed E-state index contributed by atoms with van der Waals surface area (Å²) in [7, 11) is 1.70. The summed E-state index contributed by atoms with van der Waals surface area (Å²) >= 11 is 0. The summed E-state index contributed by atoms with van der Waals surface area (Å²) in [5.74, 6) is 0.153. The Kier molecular flexibility index (Phi) is 5.65. The van der Waals surface area contributed by atoms with Crippen LogP contribution < -0.4 is 4.74 Å². The first-order valence-corrected chi connectivity index (χ1v) is 6.87. The molecule has 114 valence electrons. The summed E-state index contributed by atoms with van der Waals surface area (Å²) in [6, 6.07) is 9.46. The number of halogens is 1. The Morgan fingerprint density at radius 3 is 2.77 bits per heavy atom. The number of pyridine rings is 1. The number of aromatic nitrogens is 1. The Bertz CT molecular complexity index is 627. The summed E-state index contributed by atoms with van der Waals surface area (Å²) < 4.78 is 18.2. The largest absolute Gasteiger partial charge is 0.492 e. The predicted octanol–water partition coefficient (Wildman–Crippen LogP) is 2.77. The standard InChI is InChI=1S/C17H17FN2O2/c1-20(11-12-22-16-7-5-15(18)6-8-16)17(21)9-4-14-3-2-10-19-13-14/h2-10,13H,11-12H2,1H3/b9-4+. The maximum absolute atomic E-state index is 12.7. The fraction of sp³-hybridized carbons (Fsp3) is 0.176. The molecule has 2 rings (SSSR count). The van der Waals surface area contributed by atoms with E-state index in [4.69, 9.17) is 4.74 Å². The number of hydrogen-bond acceptors (Lipinski definition) is 3. The molecule has 0 N–H and O–H groups in total. The van der Waals surface area contributed by atoms with Crippen molar-refractivity contribution >= 4 is 12.0 Å². The fourth-order valence-corrected chi connectivity index (χ4v) is 1.71. The van der Waals surface area contributed by atoms with E-state index in [1.165, 1.54) is 18.2 Å². The zero-order valence-electron chi connectivity index (χ0n) is 12.3. The molecule has 0 atom stereocenters. The van der Waals surface area contributed by atoms with E-state index in [2.05, 4.69) is 4.98 Å². The molecule has 1 heterocycles. The van der Waals surface area contributed by atoms with E-state index in [1.807, 2.05) is 12.1 Å². The van der Waals surface area contributed by atoms with Crippen molar-refractivity contribution in [1.82, 2.24) is 9.88 Å². The molecule has 0 saturated heterocycles. The molecule has 0 spiro atoms. The van der Waals surface area contributed by atoms with Gasteiger partial charge in [-0.1, -0.05) is 6.07 Å². The van der Waals surface area contributed by atoms with Gasteiger partial charge in [-0.2, -0.15) is 0 Å². The minimum Gasteiger partial charge on any atom is -0.492 e. The van der Waals surface area contributed by atoms with Crippen LogP contribution in [0.4, 0.5) is 4.39 Å². The van der Waals surface area contributed by atoms with Crippen LogP contribution in [0.5, 0.6) is 5.75 Å². The highest BCUT2D eigenvalue weighted by atomic mass is 19.1. The number of hydrogen-bond donors (Lipinski definition) is 0. The van der Waals surface area contributed by atoms with E-state index < -0.39 is 0 Å². The van der Waals surface area contributed by atoms with Gasteiger partial charge < -0.3 is 9.64 Å². The summed E-state index contributed by atoms with van der Waals surface area (Å²) in [5.41, 5.74) is 0.867. The molecule has 2 aromatic rings. The van der Waals surface area contributed by atoms with E-state index in [1.54, 1.807) is 42.6 Å². The molecule has 1 amide bonds. The van der Waals surface area contributed by atoms with Crippen molar-refractivity contribution in [3.05, 3.63) is 66.2 Å². The first-order valence-electron chi connectivity index (χ1n) is 6.87. The Hall–Kier alpha value is -2.69. The van der Waals surface area contributed by atoms with Crippen LogP contribution in [-0.4, -0.2) is 36.0 Å². The van der Waals surface area contributed by atoms with Gasteiger partial charge in [0.15, 0.2) is 0 Å². The van der Waals surface area contributed by atoms with Crippen molar-refractivity contribution in [2.45, 2.75) is 0 Å². The molecular formula is C17H17FN2O2. The first kappa shape index (κ1) is 15.7. The van der Waals surface area contributed by atoms with Gasteiger partial charge in [-0.25, -0.2) is 4.39 Å². The molecule has 4 nitrogen and oxygen atoms in total.